The number of rotatable bonds is 6. The first kappa shape index (κ1) is 15.3. The number of carbonyl (C=O) groups is 1. The molecule has 0 radical (unpaired) electrons. The molecular weight excluding hydrogens is 362 g/mol. The van der Waals surface area contributed by atoms with E-state index in [0.29, 0.717) is 30.1 Å². The predicted molar refractivity (Wildman–Crippen MR) is 88.2 cm³/mol. The summed E-state index contributed by atoms with van der Waals surface area (Å²) in [5.74, 6) is 0.606. The lowest BCUT2D eigenvalue weighted by atomic mass is 10.2. The van der Waals surface area contributed by atoms with Crippen LogP contribution in [0.4, 0.5) is 5.82 Å². The Morgan fingerprint density at radius 3 is 2.78 bits per heavy atom. The first-order valence-corrected chi connectivity index (χ1v) is 7.85. The van der Waals surface area contributed by atoms with E-state index in [2.05, 4.69) is 47.2 Å². The molecule has 2 heterocycles. The van der Waals surface area contributed by atoms with Gasteiger partial charge in [0.1, 0.15) is 5.82 Å². The number of amides is 1. The van der Waals surface area contributed by atoms with E-state index in [9.17, 15) is 4.79 Å². The van der Waals surface area contributed by atoms with Crippen LogP contribution in [0.3, 0.4) is 0 Å². The van der Waals surface area contributed by atoms with Crippen LogP contribution in [-0.2, 0) is 0 Å². The second-order valence-corrected chi connectivity index (χ2v) is 5.70. The number of hydrogen-bond donors (Lipinski definition) is 2. The molecule has 1 amide bonds. The third kappa shape index (κ3) is 4.01. The van der Waals surface area contributed by atoms with Gasteiger partial charge in [-0.3, -0.25) is 4.79 Å². The Morgan fingerprint density at radius 1 is 1.13 bits per heavy atom. The SMILES string of the molecule is O=C(NCCCNc1ccc2nnnn2n1)c1ccc(Br)cc1. The van der Waals surface area contributed by atoms with Gasteiger partial charge in [0.2, 0.25) is 0 Å². The molecule has 9 heteroatoms. The summed E-state index contributed by atoms with van der Waals surface area (Å²) in [7, 11) is 0. The average Bonchev–Trinajstić information content (AvgIpc) is 3.02. The van der Waals surface area contributed by atoms with Crippen LogP contribution in [0.15, 0.2) is 40.9 Å². The normalized spacial score (nSPS) is 10.7. The van der Waals surface area contributed by atoms with Gasteiger partial charge in [0, 0.05) is 23.1 Å². The van der Waals surface area contributed by atoms with Crippen molar-refractivity contribution < 1.29 is 4.79 Å². The Balaban J connectivity index is 1.41. The highest BCUT2D eigenvalue weighted by atomic mass is 79.9. The van der Waals surface area contributed by atoms with Crippen LogP contribution in [-0.4, -0.2) is 44.3 Å². The van der Waals surface area contributed by atoms with Crippen LogP contribution >= 0.6 is 15.9 Å². The molecule has 8 nitrogen and oxygen atoms in total. The maximum Gasteiger partial charge on any atom is 0.251 e. The molecule has 0 unspecified atom stereocenters. The lowest BCUT2D eigenvalue weighted by Gasteiger charge is -2.07. The zero-order valence-corrected chi connectivity index (χ0v) is 13.7. The van der Waals surface area contributed by atoms with Crippen molar-refractivity contribution in [3.63, 3.8) is 0 Å². The number of tetrazole rings is 1. The summed E-state index contributed by atoms with van der Waals surface area (Å²) >= 11 is 3.34. The molecule has 0 saturated carbocycles. The topological polar surface area (TPSA) is 97.1 Å². The number of aromatic nitrogens is 5. The second-order valence-electron chi connectivity index (χ2n) is 4.79. The summed E-state index contributed by atoms with van der Waals surface area (Å²) in [6, 6.07) is 10.8. The average molecular weight is 376 g/mol. The van der Waals surface area contributed by atoms with Crippen LogP contribution in [0.2, 0.25) is 0 Å². The molecule has 2 aromatic heterocycles. The van der Waals surface area contributed by atoms with E-state index in [-0.39, 0.29) is 5.91 Å². The Hall–Kier alpha value is -2.55. The van der Waals surface area contributed by atoms with Gasteiger partial charge in [0.05, 0.1) is 0 Å². The molecule has 0 bridgehead atoms. The first-order chi connectivity index (χ1) is 11.2. The van der Waals surface area contributed by atoms with Crippen molar-refractivity contribution in [3.05, 3.63) is 46.4 Å². The van der Waals surface area contributed by atoms with Gasteiger partial charge in [0.15, 0.2) is 5.65 Å². The van der Waals surface area contributed by atoms with E-state index in [0.717, 1.165) is 10.9 Å². The van der Waals surface area contributed by atoms with E-state index in [1.807, 2.05) is 18.2 Å². The van der Waals surface area contributed by atoms with Crippen molar-refractivity contribution in [2.45, 2.75) is 6.42 Å². The maximum atomic E-state index is 11.9. The minimum Gasteiger partial charge on any atom is -0.369 e. The highest BCUT2D eigenvalue weighted by molar-refractivity contribution is 9.10. The fraction of sp³-hybridized carbons (Fsp3) is 0.214. The summed E-state index contributed by atoms with van der Waals surface area (Å²) in [4.78, 5) is 11.9. The van der Waals surface area contributed by atoms with Gasteiger partial charge in [-0.15, -0.1) is 14.8 Å². The first-order valence-electron chi connectivity index (χ1n) is 7.05. The number of hydrogen-bond acceptors (Lipinski definition) is 6. The number of carbonyl (C=O) groups excluding carboxylic acids is 1. The number of benzene rings is 1. The molecule has 3 rings (SSSR count). The monoisotopic (exact) mass is 375 g/mol. The highest BCUT2D eigenvalue weighted by Crippen LogP contribution is 2.10. The predicted octanol–water partition coefficient (Wildman–Crippen LogP) is 1.51. The van der Waals surface area contributed by atoms with Crippen LogP contribution in [0.1, 0.15) is 16.8 Å². The molecule has 0 spiro atoms. The molecule has 118 valence electrons. The summed E-state index contributed by atoms with van der Waals surface area (Å²) in [6.45, 7) is 1.26. The fourth-order valence-electron chi connectivity index (χ4n) is 1.95. The lowest BCUT2D eigenvalue weighted by molar-refractivity contribution is 0.0953. The third-order valence-electron chi connectivity index (χ3n) is 3.12. The molecule has 0 saturated heterocycles. The van der Waals surface area contributed by atoms with Crippen molar-refractivity contribution in [2.75, 3.05) is 18.4 Å². The number of halogens is 1. The minimum absolute atomic E-state index is 0.0780. The van der Waals surface area contributed by atoms with Crippen molar-refractivity contribution in [1.29, 1.82) is 0 Å². The Bertz CT molecular complexity index is 802. The molecule has 0 fully saturated rings. The van der Waals surface area contributed by atoms with Gasteiger partial charge in [-0.1, -0.05) is 15.9 Å². The van der Waals surface area contributed by atoms with Gasteiger partial charge in [-0.25, -0.2) is 0 Å². The van der Waals surface area contributed by atoms with Gasteiger partial charge in [-0.2, -0.15) is 0 Å². The van der Waals surface area contributed by atoms with Crippen LogP contribution in [0.25, 0.3) is 5.65 Å². The largest absolute Gasteiger partial charge is 0.369 e. The summed E-state index contributed by atoms with van der Waals surface area (Å²) in [6.07, 6.45) is 0.775. The molecule has 0 aliphatic rings. The molecule has 23 heavy (non-hydrogen) atoms. The molecular formula is C14H14BrN7O. The molecule has 0 atom stereocenters. The standard InChI is InChI=1S/C14H14BrN7O/c15-11-4-2-10(3-5-11)14(23)17-9-1-8-16-12-6-7-13-18-20-21-22(13)19-12/h2-7H,1,8-9H2,(H,16,19)(H,17,23). The number of anilines is 1. The van der Waals surface area contributed by atoms with Crippen LogP contribution < -0.4 is 10.6 Å². The summed E-state index contributed by atoms with van der Waals surface area (Å²) in [5, 5.41) is 21.3. The van der Waals surface area contributed by atoms with Crippen LogP contribution in [0.5, 0.6) is 0 Å². The second kappa shape index (κ2) is 7.14. The third-order valence-corrected chi connectivity index (χ3v) is 3.65. The molecule has 1 aromatic carbocycles. The van der Waals surface area contributed by atoms with Crippen molar-refractivity contribution in [2.24, 2.45) is 0 Å². The molecule has 2 N–H and O–H groups in total. The smallest absolute Gasteiger partial charge is 0.251 e. The summed E-state index contributed by atoms with van der Waals surface area (Å²) < 4.78 is 2.31. The quantitative estimate of drug-likeness (QED) is 0.633. The van der Waals surface area contributed by atoms with E-state index in [4.69, 9.17) is 0 Å². The lowest BCUT2D eigenvalue weighted by Crippen LogP contribution is -2.25. The Kier molecular flexibility index (Phi) is 4.77. The molecule has 3 aromatic rings. The fourth-order valence-corrected chi connectivity index (χ4v) is 2.22. The molecule has 0 aliphatic heterocycles. The van der Waals surface area contributed by atoms with Crippen molar-refractivity contribution in [3.8, 4) is 0 Å². The number of fused-ring (bicyclic) bond motifs is 1. The zero-order chi connectivity index (χ0) is 16.1. The van der Waals surface area contributed by atoms with Crippen LogP contribution in [0, 0.1) is 0 Å². The van der Waals surface area contributed by atoms with Crippen molar-refractivity contribution >= 4 is 33.3 Å². The Labute approximate surface area is 140 Å². The van der Waals surface area contributed by atoms with E-state index >= 15 is 0 Å². The maximum absolute atomic E-state index is 11.9. The van der Waals surface area contributed by atoms with E-state index in [1.165, 1.54) is 4.63 Å². The van der Waals surface area contributed by atoms with Gasteiger partial charge in [0.25, 0.3) is 5.91 Å². The van der Waals surface area contributed by atoms with Crippen molar-refractivity contribution in [1.82, 2.24) is 30.6 Å². The summed E-state index contributed by atoms with van der Waals surface area (Å²) in [5.41, 5.74) is 1.24. The van der Waals surface area contributed by atoms with Gasteiger partial charge in [-0.05, 0) is 53.2 Å². The Morgan fingerprint density at radius 2 is 1.96 bits per heavy atom. The highest BCUT2D eigenvalue weighted by Gasteiger charge is 2.04. The van der Waals surface area contributed by atoms with E-state index < -0.39 is 0 Å². The number of nitrogens with one attached hydrogen (secondary N) is 2. The minimum atomic E-state index is -0.0780. The van der Waals surface area contributed by atoms with E-state index in [1.54, 1.807) is 18.2 Å². The zero-order valence-electron chi connectivity index (χ0n) is 12.1. The van der Waals surface area contributed by atoms with Gasteiger partial charge >= 0.3 is 0 Å². The molecule has 0 aliphatic carbocycles. The number of nitrogens with zero attached hydrogens (tertiary/aromatic N) is 5. The van der Waals surface area contributed by atoms with Gasteiger partial charge < -0.3 is 10.6 Å².